The Hall–Kier alpha value is -3.42. The monoisotopic (exact) mass is 428 g/mol. The molecule has 2 aliphatic heterocycles. The highest BCUT2D eigenvalue weighted by molar-refractivity contribution is 5.95. The molecule has 160 valence electrons. The maximum Gasteiger partial charge on any atom is 0.416 e. The van der Waals surface area contributed by atoms with E-state index in [0.717, 1.165) is 23.1 Å². The standard InChI is InChI=1S/C23H19F3N2O3/c24-23(25,26)15-7-4-8-16(11-15)28-21(30)18-14-9-10-17(19(18)22(28)31)27(12-14)20(29)13-5-2-1-3-6-13/h1-8,11,14,17,30-31H,9-10,12H2. The summed E-state index contributed by atoms with van der Waals surface area (Å²) in [4.78, 5) is 14.8. The second-order valence-corrected chi connectivity index (χ2v) is 7.97. The summed E-state index contributed by atoms with van der Waals surface area (Å²) < 4.78 is 40.5. The third-order valence-corrected chi connectivity index (χ3v) is 6.23. The number of hydrogen-bond acceptors (Lipinski definition) is 3. The first-order valence-electron chi connectivity index (χ1n) is 9.97. The van der Waals surface area contributed by atoms with Crippen molar-refractivity contribution in [3.63, 3.8) is 0 Å². The predicted molar refractivity (Wildman–Crippen MR) is 106 cm³/mol. The molecule has 1 amide bonds. The summed E-state index contributed by atoms with van der Waals surface area (Å²) in [5.74, 6) is -0.974. The van der Waals surface area contributed by atoms with Crippen molar-refractivity contribution in [2.24, 2.45) is 0 Å². The quantitative estimate of drug-likeness (QED) is 0.605. The molecule has 2 atom stereocenters. The number of alkyl halides is 3. The van der Waals surface area contributed by atoms with Crippen LogP contribution >= 0.6 is 0 Å². The summed E-state index contributed by atoms with van der Waals surface area (Å²) in [6, 6.07) is 12.8. The number of carbonyl (C=O) groups is 1. The van der Waals surface area contributed by atoms with Gasteiger partial charge in [-0.2, -0.15) is 13.2 Å². The van der Waals surface area contributed by atoms with Crippen molar-refractivity contribution in [3.8, 4) is 17.4 Å². The highest BCUT2D eigenvalue weighted by atomic mass is 19.4. The lowest BCUT2D eigenvalue weighted by Crippen LogP contribution is -2.45. The van der Waals surface area contributed by atoms with Crippen LogP contribution < -0.4 is 0 Å². The van der Waals surface area contributed by atoms with E-state index >= 15 is 0 Å². The van der Waals surface area contributed by atoms with Gasteiger partial charge in [0, 0.05) is 29.2 Å². The van der Waals surface area contributed by atoms with E-state index in [9.17, 15) is 28.2 Å². The molecule has 5 nitrogen and oxygen atoms in total. The fourth-order valence-electron chi connectivity index (χ4n) is 4.86. The molecular weight excluding hydrogens is 409 g/mol. The number of rotatable bonds is 2. The SMILES string of the molecule is O=C(c1ccccc1)N1CC2CCC1c1c2c(O)n(-c2cccc(C(F)(F)F)c2)c1O. The van der Waals surface area contributed by atoms with Crippen LogP contribution in [-0.2, 0) is 6.18 Å². The molecule has 2 bridgehead atoms. The van der Waals surface area contributed by atoms with Gasteiger partial charge in [0.15, 0.2) is 0 Å². The highest BCUT2D eigenvalue weighted by Gasteiger charge is 2.46. The zero-order valence-electron chi connectivity index (χ0n) is 16.3. The van der Waals surface area contributed by atoms with E-state index in [1.165, 1.54) is 12.1 Å². The molecule has 31 heavy (non-hydrogen) atoms. The number of hydrogen-bond donors (Lipinski definition) is 2. The lowest BCUT2D eigenvalue weighted by molar-refractivity contribution is -0.137. The molecule has 6 rings (SSSR count). The van der Waals surface area contributed by atoms with Gasteiger partial charge in [0.05, 0.1) is 17.3 Å². The Morgan fingerprint density at radius 3 is 2.35 bits per heavy atom. The summed E-state index contributed by atoms with van der Waals surface area (Å²) in [5.41, 5.74) is 0.599. The van der Waals surface area contributed by atoms with Gasteiger partial charge in [-0.15, -0.1) is 0 Å². The zero-order chi connectivity index (χ0) is 21.9. The molecule has 1 aliphatic carbocycles. The molecule has 0 radical (unpaired) electrons. The minimum absolute atomic E-state index is 0.0135. The number of amides is 1. The van der Waals surface area contributed by atoms with Gasteiger partial charge in [-0.05, 0) is 43.2 Å². The van der Waals surface area contributed by atoms with Crippen molar-refractivity contribution in [2.75, 3.05) is 6.54 Å². The largest absolute Gasteiger partial charge is 0.494 e. The lowest BCUT2D eigenvalue weighted by atomic mass is 9.76. The van der Waals surface area contributed by atoms with Gasteiger partial charge < -0.3 is 15.1 Å². The van der Waals surface area contributed by atoms with Crippen molar-refractivity contribution >= 4 is 5.91 Å². The van der Waals surface area contributed by atoms with E-state index in [4.69, 9.17) is 0 Å². The number of carbonyl (C=O) groups excluding carboxylic acids is 1. The van der Waals surface area contributed by atoms with Crippen molar-refractivity contribution in [1.82, 2.24) is 9.47 Å². The molecule has 3 aromatic rings. The molecule has 3 heterocycles. The van der Waals surface area contributed by atoms with Crippen molar-refractivity contribution in [1.29, 1.82) is 0 Å². The van der Waals surface area contributed by atoms with Crippen molar-refractivity contribution in [3.05, 3.63) is 76.9 Å². The molecule has 1 fully saturated rings. The van der Waals surface area contributed by atoms with Gasteiger partial charge >= 0.3 is 6.18 Å². The Balaban J connectivity index is 1.60. The normalized spacial score (nSPS) is 20.0. The van der Waals surface area contributed by atoms with Crippen molar-refractivity contribution in [2.45, 2.75) is 31.0 Å². The summed E-state index contributed by atoms with van der Waals surface area (Å²) >= 11 is 0. The van der Waals surface area contributed by atoms with Crippen LogP contribution in [0.4, 0.5) is 13.2 Å². The molecule has 1 aromatic heterocycles. The Morgan fingerprint density at radius 2 is 1.65 bits per heavy atom. The van der Waals surface area contributed by atoms with Crippen LogP contribution in [-0.4, -0.2) is 32.1 Å². The van der Waals surface area contributed by atoms with Crippen LogP contribution in [0.3, 0.4) is 0 Å². The topological polar surface area (TPSA) is 65.7 Å². The Kier molecular flexibility index (Phi) is 4.28. The second-order valence-electron chi connectivity index (χ2n) is 7.97. The van der Waals surface area contributed by atoms with Gasteiger partial charge in [0.1, 0.15) is 0 Å². The van der Waals surface area contributed by atoms with Gasteiger partial charge in [0.2, 0.25) is 11.8 Å². The molecular formula is C23H19F3N2O3. The summed E-state index contributed by atoms with van der Waals surface area (Å²) in [7, 11) is 0. The van der Waals surface area contributed by atoms with E-state index in [2.05, 4.69) is 0 Å². The van der Waals surface area contributed by atoms with Crippen LogP contribution in [0.2, 0.25) is 0 Å². The maximum absolute atomic E-state index is 13.2. The summed E-state index contributed by atoms with van der Waals surface area (Å²) in [5, 5.41) is 21.9. The predicted octanol–water partition coefficient (Wildman–Crippen LogP) is 4.98. The zero-order valence-corrected chi connectivity index (χ0v) is 16.3. The Morgan fingerprint density at radius 1 is 0.935 bits per heavy atom. The average molecular weight is 428 g/mol. The maximum atomic E-state index is 13.2. The number of benzene rings is 2. The average Bonchev–Trinajstić information content (AvgIpc) is 3.06. The van der Waals surface area contributed by atoms with E-state index in [1.807, 2.05) is 6.07 Å². The first kappa shape index (κ1) is 19.5. The van der Waals surface area contributed by atoms with Crippen molar-refractivity contribution < 1.29 is 28.2 Å². The van der Waals surface area contributed by atoms with Gasteiger partial charge in [0.25, 0.3) is 5.91 Å². The first-order valence-corrected chi connectivity index (χ1v) is 9.97. The summed E-state index contributed by atoms with van der Waals surface area (Å²) in [6.45, 7) is 0.380. The number of fused-ring (bicyclic) bond motifs is 2. The number of aromatic nitrogens is 1. The number of halogens is 3. The molecule has 2 aromatic carbocycles. The fourth-order valence-corrected chi connectivity index (χ4v) is 4.86. The fraction of sp³-hybridized carbons (Fsp3) is 0.261. The van der Waals surface area contributed by atoms with E-state index < -0.39 is 17.8 Å². The smallest absolute Gasteiger partial charge is 0.416 e. The molecule has 2 unspecified atom stereocenters. The molecule has 8 heteroatoms. The highest BCUT2D eigenvalue weighted by Crippen LogP contribution is 2.55. The van der Waals surface area contributed by atoms with Gasteiger partial charge in [-0.25, -0.2) is 0 Å². The molecule has 0 saturated carbocycles. The third-order valence-electron chi connectivity index (χ3n) is 6.23. The van der Waals surface area contributed by atoms with Crippen LogP contribution in [0.15, 0.2) is 54.6 Å². The Bertz CT molecular complexity index is 1170. The van der Waals surface area contributed by atoms with Gasteiger partial charge in [-0.1, -0.05) is 24.3 Å². The van der Waals surface area contributed by atoms with E-state index in [-0.39, 0.29) is 29.3 Å². The molecule has 0 spiro atoms. The van der Waals surface area contributed by atoms with Crippen LogP contribution in [0, 0.1) is 0 Å². The number of piperidine rings is 1. The van der Waals surface area contributed by atoms with E-state index in [0.29, 0.717) is 29.7 Å². The van der Waals surface area contributed by atoms with Crippen LogP contribution in [0.5, 0.6) is 11.8 Å². The minimum Gasteiger partial charge on any atom is -0.494 e. The summed E-state index contributed by atoms with van der Waals surface area (Å²) in [6.07, 6.45) is -3.22. The Labute approximate surface area is 176 Å². The second kappa shape index (κ2) is 6.80. The number of aromatic hydroxyl groups is 2. The third kappa shape index (κ3) is 2.97. The first-order chi connectivity index (χ1) is 14.8. The lowest BCUT2D eigenvalue weighted by Gasteiger charge is -2.45. The van der Waals surface area contributed by atoms with Crippen LogP contribution in [0.25, 0.3) is 5.69 Å². The van der Waals surface area contributed by atoms with Gasteiger partial charge in [-0.3, -0.25) is 9.36 Å². The van der Waals surface area contributed by atoms with Crippen LogP contribution in [0.1, 0.15) is 51.8 Å². The minimum atomic E-state index is -4.55. The molecule has 2 N–H and O–H groups in total. The number of nitrogens with zero attached hydrogens (tertiary/aromatic N) is 2. The van der Waals surface area contributed by atoms with E-state index in [1.54, 1.807) is 29.2 Å². The molecule has 1 saturated heterocycles. The molecule has 3 aliphatic rings.